The fourth-order valence-electron chi connectivity index (χ4n) is 3.56. The van der Waals surface area contributed by atoms with Crippen molar-refractivity contribution >= 4 is 39.8 Å². The Balaban J connectivity index is 1.46. The minimum atomic E-state index is -0.444. The summed E-state index contributed by atoms with van der Waals surface area (Å²) in [5.74, 6) is 0.954. The number of aliphatic imine (C=N–C) groups is 1. The Morgan fingerprint density at radius 3 is 2.80 bits per heavy atom. The molecule has 1 N–H and O–H groups in total. The van der Waals surface area contributed by atoms with Crippen molar-refractivity contribution in [2.24, 2.45) is 10.1 Å². The van der Waals surface area contributed by atoms with Gasteiger partial charge in [0.05, 0.1) is 5.57 Å². The number of thioether (sulfide) groups is 1. The maximum absolute atomic E-state index is 12.7. The number of nitrogens with zero attached hydrogens (tertiary/aromatic N) is 3. The van der Waals surface area contributed by atoms with Gasteiger partial charge in [-0.15, -0.1) is 0 Å². The lowest BCUT2D eigenvalue weighted by molar-refractivity contribution is -0.114. The van der Waals surface area contributed by atoms with E-state index < -0.39 is 5.91 Å². The highest BCUT2D eigenvalue weighted by atomic mass is 32.2. The summed E-state index contributed by atoms with van der Waals surface area (Å²) in [5.41, 5.74) is 2.08. The predicted octanol–water partition coefficient (Wildman–Crippen LogP) is 4.23. The van der Waals surface area contributed by atoms with Gasteiger partial charge < -0.3 is 9.47 Å². The second-order valence-corrected chi connectivity index (χ2v) is 7.93. The summed E-state index contributed by atoms with van der Waals surface area (Å²) in [6, 6.07) is 15.5. The van der Waals surface area contributed by atoms with E-state index in [-0.39, 0.29) is 24.1 Å². The molecule has 3 aliphatic rings. The zero-order chi connectivity index (χ0) is 20.7. The average Bonchev–Trinajstić information content (AvgIpc) is 3.39. The Morgan fingerprint density at radius 1 is 1.20 bits per heavy atom. The highest BCUT2D eigenvalue weighted by Crippen LogP contribution is 2.37. The van der Waals surface area contributed by atoms with Gasteiger partial charge in [0, 0.05) is 5.92 Å². The van der Waals surface area contributed by atoms with Crippen LogP contribution in [0.15, 0.2) is 64.2 Å². The number of hydrogen-bond donors (Lipinski definition) is 1. The molecule has 30 heavy (non-hydrogen) atoms. The number of carbonyl (C=O) groups excluding carboxylic acids is 1. The maximum Gasteiger partial charge on any atom is 0.283 e. The van der Waals surface area contributed by atoms with Crippen LogP contribution >= 0.6 is 11.8 Å². The predicted molar refractivity (Wildman–Crippen MR) is 117 cm³/mol. The molecule has 0 saturated heterocycles. The van der Waals surface area contributed by atoms with Crippen LogP contribution in [0.4, 0.5) is 0 Å². The number of benzene rings is 2. The van der Waals surface area contributed by atoms with Crippen molar-refractivity contribution in [2.45, 2.75) is 19.3 Å². The number of ether oxygens (including phenoxy) is 2. The normalized spacial score (nSPS) is 19.6. The SMILES string of the molecule is CCC(C1=NN2C(=N)/C(=C\c3ccc4c(c3)OCO4)C(=O)N=C2S1)c1ccccc1. The molecular weight excluding hydrogens is 400 g/mol. The van der Waals surface area contributed by atoms with E-state index in [2.05, 4.69) is 29.2 Å². The highest BCUT2D eigenvalue weighted by Gasteiger charge is 2.37. The van der Waals surface area contributed by atoms with E-state index in [1.165, 1.54) is 16.8 Å². The van der Waals surface area contributed by atoms with Gasteiger partial charge >= 0.3 is 0 Å². The second kappa shape index (κ2) is 7.46. The molecule has 0 aromatic heterocycles. The fraction of sp³-hybridized carbons (Fsp3) is 0.182. The molecule has 0 spiro atoms. The molecule has 150 valence electrons. The van der Waals surface area contributed by atoms with Gasteiger partial charge in [0.2, 0.25) is 12.0 Å². The molecule has 3 heterocycles. The number of hydrazone groups is 1. The molecule has 1 unspecified atom stereocenters. The molecule has 1 atom stereocenters. The van der Waals surface area contributed by atoms with Gasteiger partial charge in [-0.05, 0) is 47.5 Å². The quantitative estimate of drug-likeness (QED) is 0.751. The van der Waals surface area contributed by atoms with Crippen molar-refractivity contribution in [1.82, 2.24) is 5.01 Å². The smallest absolute Gasteiger partial charge is 0.283 e. The van der Waals surface area contributed by atoms with Gasteiger partial charge in [-0.25, -0.2) is 0 Å². The number of amidine groups is 2. The molecule has 2 aromatic carbocycles. The van der Waals surface area contributed by atoms with E-state index >= 15 is 0 Å². The first-order valence-electron chi connectivity index (χ1n) is 9.58. The Labute approximate surface area is 177 Å². The zero-order valence-corrected chi connectivity index (χ0v) is 17.0. The number of carbonyl (C=O) groups is 1. The summed E-state index contributed by atoms with van der Waals surface area (Å²) in [6.07, 6.45) is 2.50. The van der Waals surface area contributed by atoms with E-state index in [0.29, 0.717) is 16.7 Å². The van der Waals surface area contributed by atoms with Crippen molar-refractivity contribution in [2.75, 3.05) is 6.79 Å². The summed E-state index contributed by atoms with van der Waals surface area (Å²) in [5, 5.41) is 15.9. The van der Waals surface area contributed by atoms with Crippen molar-refractivity contribution in [3.05, 3.63) is 65.2 Å². The van der Waals surface area contributed by atoms with Crippen LogP contribution in [0, 0.1) is 5.41 Å². The fourth-order valence-corrected chi connectivity index (χ4v) is 4.66. The number of amides is 1. The molecule has 0 aliphatic carbocycles. The molecule has 0 bridgehead atoms. The van der Waals surface area contributed by atoms with Gasteiger partial charge in [0.1, 0.15) is 5.04 Å². The van der Waals surface area contributed by atoms with E-state index in [4.69, 9.17) is 14.9 Å². The summed E-state index contributed by atoms with van der Waals surface area (Å²) >= 11 is 1.35. The first kappa shape index (κ1) is 18.6. The lowest BCUT2D eigenvalue weighted by Gasteiger charge is -2.20. The first-order valence-corrected chi connectivity index (χ1v) is 10.4. The number of hydrogen-bond acceptors (Lipinski definition) is 6. The Hall–Kier alpha value is -3.39. The average molecular weight is 418 g/mol. The maximum atomic E-state index is 12.7. The molecule has 3 aliphatic heterocycles. The Bertz CT molecular complexity index is 1140. The summed E-state index contributed by atoms with van der Waals surface area (Å²) in [7, 11) is 0. The van der Waals surface area contributed by atoms with E-state index in [1.54, 1.807) is 18.2 Å². The van der Waals surface area contributed by atoms with Crippen LogP contribution in [0.5, 0.6) is 11.5 Å². The highest BCUT2D eigenvalue weighted by molar-refractivity contribution is 8.27. The lowest BCUT2D eigenvalue weighted by atomic mass is 9.98. The third kappa shape index (κ3) is 3.19. The summed E-state index contributed by atoms with van der Waals surface area (Å²) in [4.78, 5) is 16.9. The van der Waals surface area contributed by atoms with Gasteiger partial charge in [-0.1, -0.05) is 43.3 Å². The zero-order valence-electron chi connectivity index (χ0n) is 16.2. The molecule has 0 radical (unpaired) electrons. The topological polar surface area (TPSA) is 87.3 Å². The first-order chi connectivity index (χ1) is 14.6. The minimum absolute atomic E-state index is 0.0214. The van der Waals surface area contributed by atoms with Crippen LogP contribution in [0.2, 0.25) is 0 Å². The van der Waals surface area contributed by atoms with Crippen LogP contribution in [0.25, 0.3) is 6.08 Å². The van der Waals surface area contributed by atoms with Gasteiger partial charge in [-0.2, -0.15) is 15.1 Å². The third-order valence-electron chi connectivity index (χ3n) is 5.09. The van der Waals surface area contributed by atoms with Gasteiger partial charge in [0.15, 0.2) is 17.3 Å². The second-order valence-electron chi connectivity index (χ2n) is 6.94. The Kier molecular flexibility index (Phi) is 4.63. The standard InChI is InChI=1S/C22H18N4O3S/c1-2-15(14-6-4-3-5-7-14)21-25-26-19(23)16(20(27)24-22(26)30-21)10-13-8-9-17-18(11-13)29-12-28-17/h3-11,15,23H,2,12H2,1H3/b16-10+,23-19?. The van der Waals surface area contributed by atoms with E-state index in [9.17, 15) is 4.79 Å². The van der Waals surface area contributed by atoms with Crippen molar-refractivity contribution in [3.63, 3.8) is 0 Å². The molecule has 8 heteroatoms. The number of rotatable bonds is 4. The van der Waals surface area contributed by atoms with Crippen molar-refractivity contribution < 1.29 is 14.3 Å². The van der Waals surface area contributed by atoms with Crippen molar-refractivity contribution in [3.8, 4) is 11.5 Å². The monoisotopic (exact) mass is 418 g/mol. The summed E-state index contributed by atoms with van der Waals surface area (Å²) < 4.78 is 10.7. The van der Waals surface area contributed by atoms with Crippen LogP contribution < -0.4 is 9.47 Å². The van der Waals surface area contributed by atoms with Crippen LogP contribution in [0.1, 0.15) is 30.4 Å². The number of nitrogens with one attached hydrogen (secondary N) is 1. The van der Waals surface area contributed by atoms with Crippen LogP contribution in [-0.4, -0.2) is 33.8 Å². The Morgan fingerprint density at radius 2 is 2.00 bits per heavy atom. The third-order valence-corrected chi connectivity index (χ3v) is 6.11. The molecule has 1 amide bonds. The number of fused-ring (bicyclic) bond motifs is 2. The van der Waals surface area contributed by atoms with Crippen molar-refractivity contribution in [1.29, 1.82) is 5.41 Å². The minimum Gasteiger partial charge on any atom is -0.454 e. The molecule has 0 fully saturated rings. The molecule has 0 saturated carbocycles. The van der Waals surface area contributed by atoms with Crippen LogP contribution in [0.3, 0.4) is 0 Å². The van der Waals surface area contributed by atoms with E-state index in [1.807, 2.05) is 24.3 Å². The lowest BCUT2D eigenvalue weighted by Crippen LogP contribution is -2.35. The summed E-state index contributed by atoms with van der Waals surface area (Å²) in [6.45, 7) is 2.28. The van der Waals surface area contributed by atoms with Gasteiger partial charge in [-0.3, -0.25) is 10.2 Å². The van der Waals surface area contributed by atoms with E-state index in [0.717, 1.165) is 22.6 Å². The molecule has 5 rings (SSSR count). The molecular formula is C22H18N4O3S. The molecule has 2 aromatic rings. The largest absolute Gasteiger partial charge is 0.454 e. The van der Waals surface area contributed by atoms with Gasteiger partial charge in [0.25, 0.3) is 5.91 Å². The van der Waals surface area contributed by atoms with Crippen LogP contribution in [-0.2, 0) is 4.79 Å². The molecule has 7 nitrogen and oxygen atoms in total.